The Morgan fingerprint density at radius 2 is 1.78 bits per heavy atom. The zero-order valence-corrected chi connectivity index (χ0v) is 21.3. The van der Waals surface area contributed by atoms with Crippen LogP contribution < -0.4 is 4.90 Å². The lowest BCUT2D eigenvalue weighted by atomic mass is 9.92. The average molecular weight is 451 g/mol. The molecule has 0 radical (unpaired) electrons. The van der Waals surface area contributed by atoms with Gasteiger partial charge in [0.2, 0.25) is 0 Å². The Kier molecular flexibility index (Phi) is 6.80. The average Bonchev–Trinajstić information content (AvgIpc) is 3.04. The number of carbonyl (C=O) groups excluding carboxylic acids is 1. The predicted molar refractivity (Wildman–Crippen MR) is 138 cm³/mol. The highest BCUT2D eigenvalue weighted by Gasteiger charge is 2.24. The Hall–Kier alpha value is -2.66. The van der Waals surface area contributed by atoms with Crippen LogP contribution >= 0.6 is 12.2 Å². The van der Waals surface area contributed by atoms with E-state index in [4.69, 9.17) is 17.0 Å². The number of carbonyl (C=O) groups is 1. The van der Waals surface area contributed by atoms with Crippen molar-refractivity contribution in [2.45, 2.75) is 60.0 Å². The molecule has 0 aliphatic heterocycles. The summed E-state index contributed by atoms with van der Waals surface area (Å²) in [4.78, 5) is 15.4. The molecule has 0 aliphatic carbocycles. The summed E-state index contributed by atoms with van der Waals surface area (Å²) in [5.41, 5.74) is 6.06. The number of hydrogen-bond acceptors (Lipinski definition) is 3. The molecule has 0 unspecified atom stereocenters. The number of thiocarbonyl (C=S) groups is 1. The molecular formula is C27H34N2O2S. The van der Waals surface area contributed by atoms with E-state index in [0.29, 0.717) is 10.9 Å². The van der Waals surface area contributed by atoms with Crippen LogP contribution in [0, 0.1) is 13.8 Å². The van der Waals surface area contributed by atoms with Crippen molar-refractivity contribution in [1.82, 2.24) is 4.57 Å². The van der Waals surface area contributed by atoms with Crippen molar-refractivity contribution in [3.63, 3.8) is 0 Å². The largest absolute Gasteiger partial charge is 0.459 e. The van der Waals surface area contributed by atoms with Crippen molar-refractivity contribution in [1.29, 1.82) is 0 Å². The molecule has 0 aliphatic rings. The molecule has 1 aromatic heterocycles. The maximum atomic E-state index is 12.8. The second-order valence-electron chi connectivity index (χ2n) is 9.83. The molecule has 0 saturated carbocycles. The predicted octanol–water partition coefficient (Wildman–Crippen LogP) is 6.44. The molecule has 0 N–H and O–H groups in total. The van der Waals surface area contributed by atoms with Crippen molar-refractivity contribution in [2.75, 3.05) is 11.4 Å². The highest BCUT2D eigenvalue weighted by atomic mass is 32.1. The fourth-order valence-electron chi connectivity index (χ4n) is 4.09. The van der Waals surface area contributed by atoms with Gasteiger partial charge in [-0.2, -0.15) is 0 Å². The number of esters is 1. The normalized spacial score (nSPS) is 11.8. The van der Waals surface area contributed by atoms with Crippen LogP contribution in [0.25, 0.3) is 10.9 Å². The molecule has 0 saturated heterocycles. The smallest absolute Gasteiger partial charge is 0.326 e. The van der Waals surface area contributed by atoms with Gasteiger partial charge in [-0.05, 0) is 87.6 Å². The van der Waals surface area contributed by atoms with E-state index >= 15 is 0 Å². The maximum Gasteiger partial charge on any atom is 0.326 e. The van der Waals surface area contributed by atoms with Crippen LogP contribution in [0.1, 0.15) is 62.8 Å². The van der Waals surface area contributed by atoms with Crippen LogP contribution in [-0.4, -0.2) is 27.7 Å². The number of aromatic nitrogens is 1. The van der Waals surface area contributed by atoms with Gasteiger partial charge >= 0.3 is 5.97 Å². The summed E-state index contributed by atoms with van der Waals surface area (Å²) >= 11 is 6.00. The third-order valence-electron chi connectivity index (χ3n) is 5.60. The van der Waals surface area contributed by atoms with Gasteiger partial charge < -0.3 is 14.2 Å². The van der Waals surface area contributed by atoms with E-state index in [1.807, 2.05) is 45.0 Å². The molecule has 0 spiro atoms. The molecule has 0 amide bonds. The fraction of sp³-hybridized carbons (Fsp3) is 0.407. The van der Waals surface area contributed by atoms with E-state index in [1.165, 1.54) is 11.1 Å². The Morgan fingerprint density at radius 1 is 1.09 bits per heavy atom. The van der Waals surface area contributed by atoms with Gasteiger partial charge in [0.25, 0.3) is 0 Å². The maximum absolute atomic E-state index is 12.8. The van der Waals surface area contributed by atoms with E-state index in [9.17, 15) is 4.79 Å². The second-order valence-corrected chi connectivity index (χ2v) is 10.2. The number of anilines is 1. The van der Waals surface area contributed by atoms with E-state index in [2.05, 4.69) is 62.6 Å². The molecule has 1 heterocycles. The number of benzene rings is 2. The van der Waals surface area contributed by atoms with E-state index in [1.54, 1.807) is 0 Å². The van der Waals surface area contributed by atoms with Crippen molar-refractivity contribution >= 4 is 39.8 Å². The summed E-state index contributed by atoms with van der Waals surface area (Å²) in [6.07, 6.45) is 2.03. The number of hydrogen-bond donors (Lipinski definition) is 0. The molecule has 32 heavy (non-hydrogen) atoms. The van der Waals surface area contributed by atoms with Gasteiger partial charge in [0, 0.05) is 35.4 Å². The minimum absolute atomic E-state index is 0.0543. The Labute approximate surface area is 197 Å². The molecule has 0 atom stereocenters. The van der Waals surface area contributed by atoms with Crippen LogP contribution in [0.4, 0.5) is 5.69 Å². The first kappa shape index (κ1) is 24.0. The minimum Gasteiger partial charge on any atom is -0.459 e. The number of rotatable bonds is 5. The molecular weight excluding hydrogens is 416 g/mol. The van der Waals surface area contributed by atoms with Gasteiger partial charge in [0.15, 0.2) is 0 Å². The molecule has 3 aromatic rings. The first-order valence-electron chi connectivity index (χ1n) is 11.1. The summed E-state index contributed by atoms with van der Waals surface area (Å²) in [7, 11) is 2.02. The van der Waals surface area contributed by atoms with Crippen molar-refractivity contribution < 1.29 is 9.53 Å². The topological polar surface area (TPSA) is 34.5 Å². The van der Waals surface area contributed by atoms with Crippen LogP contribution in [0.5, 0.6) is 0 Å². The second kappa shape index (κ2) is 9.07. The van der Waals surface area contributed by atoms with Gasteiger partial charge in [0.1, 0.15) is 17.1 Å². The minimum atomic E-state index is -0.557. The third-order valence-corrected chi connectivity index (χ3v) is 6.04. The summed E-state index contributed by atoms with van der Waals surface area (Å²) in [5.74, 6) is 0.0824. The van der Waals surface area contributed by atoms with Gasteiger partial charge in [-0.25, -0.2) is 0 Å². The highest BCUT2D eigenvalue weighted by molar-refractivity contribution is 7.81. The first-order chi connectivity index (χ1) is 14.9. The molecule has 170 valence electrons. The molecule has 3 rings (SSSR count). The molecule has 0 bridgehead atoms. The summed E-state index contributed by atoms with van der Waals surface area (Å²) in [6, 6.07) is 12.6. The lowest BCUT2D eigenvalue weighted by Gasteiger charge is -2.28. The Morgan fingerprint density at radius 3 is 2.41 bits per heavy atom. The molecule has 0 fully saturated rings. The lowest BCUT2D eigenvalue weighted by Crippen LogP contribution is -2.38. The standard InChI is InChI=1S/C27H34N2O2S/c1-17(2)22-15-23(19(4)13-18(22)3)26(32)29(16-25(30)31-27(5,6)7)21-9-10-24-20(14-21)11-12-28(24)8/h9-15,17H,16H2,1-8H3. The van der Waals surface area contributed by atoms with E-state index < -0.39 is 5.60 Å². The highest BCUT2D eigenvalue weighted by Crippen LogP contribution is 2.28. The Bertz CT molecular complexity index is 1170. The zero-order chi connectivity index (χ0) is 23.8. The SMILES string of the molecule is Cc1cc(C)c(C(C)C)cc1C(=S)N(CC(=O)OC(C)(C)C)c1ccc2c(ccn2C)c1. The Balaban J connectivity index is 2.08. The van der Waals surface area contributed by atoms with Crippen LogP contribution in [0.3, 0.4) is 0 Å². The number of nitrogens with zero attached hydrogens (tertiary/aromatic N) is 2. The van der Waals surface area contributed by atoms with Crippen LogP contribution in [-0.2, 0) is 16.6 Å². The van der Waals surface area contributed by atoms with Gasteiger partial charge in [-0.3, -0.25) is 4.79 Å². The number of ether oxygens (including phenoxy) is 1. The van der Waals surface area contributed by atoms with Gasteiger partial charge in [-0.15, -0.1) is 0 Å². The fourth-order valence-corrected chi connectivity index (χ4v) is 4.48. The van der Waals surface area contributed by atoms with Gasteiger partial charge in [-0.1, -0.05) is 32.1 Å². The van der Waals surface area contributed by atoms with E-state index in [0.717, 1.165) is 27.7 Å². The van der Waals surface area contributed by atoms with Crippen LogP contribution in [0.2, 0.25) is 0 Å². The van der Waals surface area contributed by atoms with Crippen molar-refractivity contribution in [2.24, 2.45) is 7.05 Å². The van der Waals surface area contributed by atoms with Crippen LogP contribution in [0.15, 0.2) is 42.6 Å². The molecule has 2 aromatic carbocycles. The molecule has 5 heteroatoms. The quantitative estimate of drug-likeness (QED) is 0.331. The van der Waals surface area contributed by atoms with Crippen molar-refractivity contribution in [3.8, 4) is 0 Å². The number of fused-ring (bicyclic) bond motifs is 1. The summed E-state index contributed by atoms with van der Waals surface area (Å²) < 4.78 is 7.71. The van der Waals surface area contributed by atoms with Crippen molar-refractivity contribution in [3.05, 3.63) is 64.8 Å². The third kappa shape index (κ3) is 5.21. The first-order valence-corrected chi connectivity index (χ1v) is 11.5. The monoisotopic (exact) mass is 450 g/mol. The lowest BCUT2D eigenvalue weighted by molar-refractivity contribution is -0.152. The van der Waals surface area contributed by atoms with E-state index in [-0.39, 0.29) is 12.5 Å². The zero-order valence-electron chi connectivity index (χ0n) is 20.4. The summed E-state index contributed by atoms with van der Waals surface area (Å²) in [6.45, 7) is 14.3. The summed E-state index contributed by atoms with van der Waals surface area (Å²) in [5, 5.41) is 1.10. The number of aryl methyl sites for hydroxylation is 3. The molecule has 4 nitrogen and oxygen atoms in total. The van der Waals surface area contributed by atoms with Gasteiger partial charge in [0.05, 0.1) is 0 Å².